The monoisotopic (exact) mass is 485 g/mol. The van der Waals surface area contributed by atoms with Crippen LogP contribution >= 0.6 is 31.9 Å². The third-order valence-electron chi connectivity index (χ3n) is 5.29. The Morgan fingerprint density at radius 2 is 2.00 bits per heavy atom. The van der Waals surface area contributed by atoms with Crippen molar-refractivity contribution in [1.82, 2.24) is 10.2 Å². The number of carbonyl (C=O) groups excluding carboxylic acids is 3. The van der Waals surface area contributed by atoms with Crippen LogP contribution in [-0.4, -0.2) is 34.8 Å². The lowest BCUT2D eigenvalue weighted by molar-refractivity contribution is -0.135. The molecule has 4 amide bonds. The van der Waals surface area contributed by atoms with Gasteiger partial charge in [-0.2, -0.15) is 0 Å². The fraction of sp³-hybridized carbons (Fsp3) is 0.500. The van der Waals surface area contributed by atoms with Crippen molar-refractivity contribution in [2.24, 2.45) is 5.92 Å². The van der Waals surface area contributed by atoms with Gasteiger partial charge in [-0.25, -0.2) is 4.79 Å². The van der Waals surface area contributed by atoms with E-state index >= 15 is 0 Å². The first-order chi connectivity index (χ1) is 12.3. The number of hydrogen-bond acceptors (Lipinski definition) is 3. The predicted octanol–water partition coefficient (Wildman–Crippen LogP) is 4.04. The van der Waals surface area contributed by atoms with Gasteiger partial charge in [-0.3, -0.25) is 14.5 Å². The van der Waals surface area contributed by atoms with Crippen molar-refractivity contribution in [3.63, 3.8) is 0 Å². The summed E-state index contributed by atoms with van der Waals surface area (Å²) in [5.74, 6) is -0.0738. The van der Waals surface area contributed by atoms with Crippen molar-refractivity contribution in [3.8, 4) is 0 Å². The first-order valence-electron chi connectivity index (χ1n) is 8.73. The molecule has 0 radical (unpaired) electrons. The number of urea groups is 1. The van der Waals surface area contributed by atoms with Crippen LogP contribution in [0, 0.1) is 5.92 Å². The minimum Gasteiger partial charge on any atom is -0.323 e. The van der Waals surface area contributed by atoms with Crippen LogP contribution < -0.4 is 10.6 Å². The van der Waals surface area contributed by atoms with Crippen molar-refractivity contribution in [1.29, 1.82) is 0 Å². The Bertz CT molecular complexity index is 745. The number of rotatable bonds is 4. The lowest BCUT2D eigenvalue weighted by Gasteiger charge is -2.34. The molecular weight excluding hydrogens is 466 g/mol. The summed E-state index contributed by atoms with van der Waals surface area (Å²) in [7, 11) is 0. The van der Waals surface area contributed by atoms with E-state index in [0.29, 0.717) is 28.9 Å². The average Bonchev–Trinajstić information content (AvgIpc) is 2.82. The summed E-state index contributed by atoms with van der Waals surface area (Å²) in [6, 6.07) is 4.88. The van der Waals surface area contributed by atoms with E-state index in [1.165, 1.54) is 0 Å². The molecule has 1 heterocycles. The van der Waals surface area contributed by atoms with Crippen LogP contribution in [0.25, 0.3) is 0 Å². The van der Waals surface area contributed by atoms with Gasteiger partial charge in [-0.15, -0.1) is 0 Å². The van der Waals surface area contributed by atoms with Gasteiger partial charge in [-0.05, 0) is 65.7 Å². The normalized spacial score (nSPS) is 25.5. The van der Waals surface area contributed by atoms with E-state index in [-0.39, 0.29) is 12.5 Å². The van der Waals surface area contributed by atoms with Gasteiger partial charge in [0.05, 0.1) is 5.69 Å². The zero-order valence-electron chi connectivity index (χ0n) is 14.5. The zero-order chi connectivity index (χ0) is 18.9. The summed E-state index contributed by atoms with van der Waals surface area (Å²) >= 11 is 6.73. The lowest BCUT2D eigenvalue weighted by Crippen LogP contribution is -2.49. The summed E-state index contributed by atoms with van der Waals surface area (Å²) in [5, 5.41) is 5.58. The molecule has 1 aliphatic heterocycles. The van der Waals surface area contributed by atoms with Crippen LogP contribution in [0.2, 0.25) is 0 Å². The Hall–Kier alpha value is -1.41. The summed E-state index contributed by atoms with van der Waals surface area (Å²) in [4.78, 5) is 38.5. The van der Waals surface area contributed by atoms with Crippen LogP contribution in [0.4, 0.5) is 10.5 Å². The molecule has 3 rings (SSSR count). The molecule has 0 unspecified atom stereocenters. The molecule has 6 nitrogen and oxygen atoms in total. The number of benzene rings is 1. The molecule has 0 atom stereocenters. The maximum absolute atomic E-state index is 12.8. The standard InChI is InChI=1S/C18H21Br2N3O3/c1-2-11-5-7-18(8-6-11)16(25)23(17(26)22-18)10-15(24)21-14-4-3-12(19)9-13(14)20/h3-4,9,11H,2,5-8,10H2,1H3,(H,21,24)(H,22,26). The fourth-order valence-electron chi connectivity index (χ4n) is 3.66. The molecule has 1 aromatic rings. The number of halogens is 2. The molecule has 0 bridgehead atoms. The minimum absolute atomic E-state index is 0.276. The Morgan fingerprint density at radius 1 is 1.31 bits per heavy atom. The van der Waals surface area contributed by atoms with Crippen molar-refractivity contribution in [2.45, 2.75) is 44.6 Å². The molecule has 1 saturated heterocycles. The van der Waals surface area contributed by atoms with Gasteiger partial charge < -0.3 is 10.6 Å². The molecule has 2 N–H and O–H groups in total. The third-order valence-corrected chi connectivity index (χ3v) is 6.44. The predicted molar refractivity (Wildman–Crippen MR) is 106 cm³/mol. The quantitative estimate of drug-likeness (QED) is 0.630. The average molecular weight is 487 g/mol. The molecule has 1 spiro atoms. The summed E-state index contributed by atoms with van der Waals surface area (Å²) in [6.45, 7) is 1.86. The van der Waals surface area contributed by atoms with E-state index in [2.05, 4.69) is 49.4 Å². The lowest BCUT2D eigenvalue weighted by atomic mass is 9.75. The van der Waals surface area contributed by atoms with Gasteiger partial charge in [0.25, 0.3) is 5.91 Å². The molecule has 8 heteroatoms. The molecule has 26 heavy (non-hydrogen) atoms. The van der Waals surface area contributed by atoms with Crippen molar-refractivity contribution >= 4 is 55.4 Å². The van der Waals surface area contributed by atoms with E-state index in [0.717, 1.165) is 28.6 Å². The molecule has 1 aliphatic carbocycles. The molecule has 1 aromatic carbocycles. The number of hydrogen-bond donors (Lipinski definition) is 2. The summed E-state index contributed by atoms with van der Waals surface area (Å²) < 4.78 is 1.59. The highest BCUT2D eigenvalue weighted by Crippen LogP contribution is 2.37. The van der Waals surface area contributed by atoms with Gasteiger partial charge in [0.15, 0.2) is 0 Å². The van der Waals surface area contributed by atoms with Crippen molar-refractivity contribution < 1.29 is 14.4 Å². The van der Waals surface area contributed by atoms with E-state index in [9.17, 15) is 14.4 Å². The van der Waals surface area contributed by atoms with Crippen molar-refractivity contribution in [2.75, 3.05) is 11.9 Å². The van der Waals surface area contributed by atoms with Gasteiger partial charge in [0.1, 0.15) is 12.1 Å². The second kappa shape index (κ2) is 7.68. The van der Waals surface area contributed by atoms with Gasteiger partial charge in [-0.1, -0.05) is 29.3 Å². The molecule has 140 valence electrons. The smallest absolute Gasteiger partial charge is 0.323 e. The van der Waals surface area contributed by atoms with Gasteiger partial charge in [0.2, 0.25) is 5.91 Å². The van der Waals surface area contributed by atoms with Crippen LogP contribution in [0.15, 0.2) is 27.1 Å². The first-order valence-corrected chi connectivity index (χ1v) is 10.3. The van der Waals surface area contributed by atoms with Crippen LogP contribution in [-0.2, 0) is 9.59 Å². The Morgan fingerprint density at radius 3 is 2.62 bits per heavy atom. The van der Waals surface area contributed by atoms with Crippen LogP contribution in [0.3, 0.4) is 0 Å². The molecule has 0 aromatic heterocycles. The number of amides is 4. The third kappa shape index (κ3) is 3.81. The largest absolute Gasteiger partial charge is 0.325 e. The number of nitrogens with one attached hydrogen (secondary N) is 2. The SMILES string of the molecule is CCC1CCC2(CC1)NC(=O)N(CC(=O)Nc1ccc(Br)cc1Br)C2=O. The van der Waals surface area contributed by atoms with Gasteiger partial charge in [0, 0.05) is 8.95 Å². The zero-order valence-corrected chi connectivity index (χ0v) is 17.7. The van der Waals surface area contributed by atoms with E-state index in [1.807, 2.05) is 6.07 Å². The Balaban J connectivity index is 1.65. The number of nitrogens with zero attached hydrogens (tertiary/aromatic N) is 1. The maximum atomic E-state index is 12.8. The summed E-state index contributed by atoms with van der Waals surface area (Å²) in [5.41, 5.74) is -0.232. The highest BCUT2D eigenvalue weighted by Gasteiger charge is 2.52. The molecular formula is C18H21Br2N3O3. The van der Waals surface area contributed by atoms with E-state index in [4.69, 9.17) is 0 Å². The molecule has 1 saturated carbocycles. The molecule has 2 aliphatic rings. The first kappa shape index (κ1) is 19.4. The van der Waals surface area contributed by atoms with Crippen molar-refractivity contribution in [3.05, 3.63) is 27.1 Å². The molecule has 2 fully saturated rings. The minimum atomic E-state index is -0.818. The van der Waals surface area contributed by atoms with Crippen LogP contribution in [0.1, 0.15) is 39.0 Å². The van der Waals surface area contributed by atoms with E-state index in [1.54, 1.807) is 12.1 Å². The second-order valence-electron chi connectivity index (χ2n) is 6.93. The maximum Gasteiger partial charge on any atom is 0.325 e. The van der Waals surface area contributed by atoms with E-state index < -0.39 is 17.5 Å². The second-order valence-corrected chi connectivity index (χ2v) is 8.70. The number of carbonyl (C=O) groups is 3. The number of imide groups is 1. The number of anilines is 1. The Kier molecular flexibility index (Phi) is 5.72. The highest BCUT2D eigenvalue weighted by atomic mass is 79.9. The van der Waals surface area contributed by atoms with Crippen LogP contribution in [0.5, 0.6) is 0 Å². The summed E-state index contributed by atoms with van der Waals surface area (Å²) in [6.07, 6.45) is 4.23. The fourth-order valence-corrected chi connectivity index (χ4v) is 4.81. The topological polar surface area (TPSA) is 78.5 Å². The van der Waals surface area contributed by atoms with Gasteiger partial charge >= 0.3 is 6.03 Å². The highest BCUT2D eigenvalue weighted by molar-refractivity contribution is 9.11. The Labute approximate surface area is 169 Å².